The van der Waals surface area contributed by atoms with Crippen molar-refractivity contribution >= 4 is 12.1 Å². The largest absolute Gasteiger partial charge is 0.484 e. The number of aromatic nitrogens is 2. The molecule has 1 amide bonds. The summed E-state index contributed by atoms with van der Waals surface area (Å²) in [5.41, 5.74) is 7.05. The minimum absolute atomic E-state index is 0.115. The van der Waals surface area contributed by atoms with Gasteiger partial charge >= 0.3 is 0 Å². The van der Waals surface area contributed by atoms with E-state index in [0.717, 1.165) is 28.1 Å². The third-order valence-corrected chi connectivity index (χ3v) is 4.56. The molecule has 1 N–H and O–H groups in total. The summed E-state index contributed by atoms with van der Waals surface area (Å²) in [6, 6.07) is 27.2. The SMILES string of the molecule is Cc1cccc(OCC(=O)N/N=C/c2cn(-c3ccccc3)nc2-c2ccccc2)c1. The number of nitrogens with zero attached hydrogens (tertiary/aromatic N) is 3. The average Bonchev–Trinajstić information content (AvgIpc) is 3.23. The van der Waals surface area contributed by atoms with Crippen molar-refractivity contribution in [1.29, 1.82) is 0 Å². The molecule has 0 spiro atoms. The number of hydrogen-bond acceptors (Lipinski definition) is 4. The van der Waals surface area contributed by atoms with E-state index in [1.807, 2.05) is 98.0 Å². The first-order valence-corrected chi connectivity index (χ1v) is 9.91. The Balaban J connectivity index is 1.48. The summed E-state index contributed by atoms with van der Waals surface area (Å²) in [4.78, 5) is 12.1. The molecule has 6 heteroatoms. The van der Waals surface area contributed by atoms with Crippen molar-refractivity contribution in [2.24, 2.45) is 5.10 Å². The molecule has 0 aliphatic heterocycles. The molecule has 6 nitrogen and oxygen atoms in total. The molecule has 0 atom stereocenters. The number of hydrazone groups is 1. The minimum Gasteiger partial charge on any atom is -0.484 e. The zero-order chi connectivity index (χ0) is 21.5. The number of hydrogen-bond donors (Lipinski definition) is 1. The van der Waals surface area contributed by atoms with Gasteiger partial charge in [-0.2, -0.15) is 10.2 Å². The van der Waals surface area contributed by atoms with E-state index in [4.69, 9.17) is 9.84 Å². The highest BCUT2D eigenvalue weighted by atomic mass is 16.5. The number of para-hydroxylation sites is 1. The van der Waals surface area contributed by atoms with E-state index in [9.17, 15) is 4.79 Å². The van der Waals surface area contributed by atoms with Crippen molar-refractivity contribution in [2.45, 2.75) is 6.92 Å². The topological polar surface area (TPSA) is 68.5 Å². The minimum atomic E-state index is -0.338. The molecule has 0 saturated carbocycles. The van der Waals surface area contributed by atoms with E-state index in [1.165, 1.54) is 0 Å². The maximum atomic E-state index is 12.1. The molecular formula is C25H22N4O2. The highest BCUT2D eigenvalue weighted by Crippen LogP contribution is 2.22. The Kier molecular flexibility index (Phi) is 6.18. The number of rotatable bonds is 7. The number of nitrogens with one attached hydrogen (secondary N) is 1. The summed E-state index contributed by atoms with van der Waals surface area (Å²) in [5, 5.41) is 8.83. The summed E-state index contributed by atoms with van der Waals surface area (Å²) in [6.45, 7) is 1.85. The highest BCUT2D eigenvalue weighted by molar-refractivity contribution is 5.89. The Labute approximate surface area is 180 Å². The van der Waals surface area contributed by atoms with Gasteiger partial charge in [-0.05, 0) is 36.8 Å². The van der Waals surface area contributed by atoms with Crippen LogP contribution in [0.5, 0.6) is 5.75 Å². The van der Waals surface area contributed by atoms with Crippen LogP contribution in [-0.2, 0) is 4.79 Å². The van der Waals surface area contributed by atoms with Crippen LogP contribution in [0.25, 0.3) is 16.9 Å². The predicted molar refractivity (Wildman–Crippen MR) is 121 cm³/mol. The van der Waals surface area contributed by atoms with Gasteiger partial charge in [0.15, 0.2) is 6.61 Å². The van der Waals surface area contributed by atoms with Crippen LogP contribution >= 0.6 is 0 Å². The maximum Gasteiger partial charge on any atom is 0.277 e. The van der Waals surface area contributed by atoms with Crippen LogP contribution < -0.4 is 10.2 Å². The molecular weight excluding hydrogens is 388 g/mol. The number of ether oxygens (including phenoxy) is 1. The van der Waals surface area contributed by atoms with Gasteiger partial charge in [0, 0.05) is 17.3 Å². The maximum absolute atomic E-state index is 12.1. The van der Waals surface area contributed by atoms with Crippen molar-refractivity contribution in [3.63, 3.8) is 0 Å². The standard InChI is InChI=1S/C25H22N4O2/c1-19-9-8-14-23(15-19)31-18-24(30)27-26-16-21-17-29(22-12-6-3-7-13-22)28-25(21)20-10-4-2-5-11-20/h2-17H,18H2,1H3,(H,27,30)/b26-16+. The molecule has 0 fully saturated rings. The Morgan fingerprint density at radius 1 is 1.03 bits per heavy atom. The lowest BCUT2D eigenvalue weighted by Crippen LogP contribution is -2.24. The molecule has 0 bridgehead atoms. The Morgan fingerprint density at radius 2 is 1.77 bits per heavy atom. The molecule has 1 heterocycles. The van der Waals surface area contributed by atoms with E-state index in [0.29, 0.717) is 5.75 Å². The van der Waals surface area contributed by atoms with Gasteiger partial charge in [-0.15, -0.1) is 0 Å². The molecule has 4 aromatic rings. The van der Waals surface area contributed by atoms with Crippen LogP contribution in [0.3, 0.4) is 0 Å². The van der Waals surface area contributed by atoms with Gasteiger partial charge in [0.25, 0.3) is 5.91 Å². The summed E-state index contributed by atoms with van der Waals surface area (Å²) < 4.78 is 7.30. The molecule has 4 rings (SSSR count). The van der Waals surface area contributed by atoms with E-state index >= 15 is 0 Å². The van der Waals surface area contributed by atoms with Crippen molar-refractivity contribution in [3.8, 4) is 22.7 Å². The molecule has 0 aliphatic rings. The fourth-order valence-corrected chi connectivity index (χ4v) is 3.08. The van der Waals surface area contributed by atoms with Gasteiger partial charge in [0.05, 0.1) is 11.9 Å². The second-order valence-corrected chi connectivity index (χ2v) is 6.98. The summed E-state index contributed by atoms with van der Waals surface area (Å²) in [6.07, 6.45) is 3.48. The second-order valence-electron chi connectivity index (χ2n) is 6.98. The second kappa shape index (κ2) is 9.54. The number of aryl methyl sites for hydroxylation is 1. The van der Waals surface area contributed by atoms with Gasteiger partial charge in [0.2, 0.25) is 0 Å². The Morgan fingerprint density at radius 3 is 2.52 bits per heavy atom. The van der Waals surface area contributed by atoms with Crippen LogP contribution in [0.4, 0.5) is 0 Å². The van der Waals surface area contributed by atoms with Crippen LogP contribution in [0.15, 0.2) is 96.2 Å². The molecule has 31 heavy (non-hydrogen) atoms. The van der Waals surface area contributed by atoms with Crippen LogP contribution in [-0.4, -0.2) is 28.5 Å². The highest BCUT2D eigenvalue weighted by Gasteiger charge is 2.11. The molecule has 0 saturated heterocycles. The van der Waals surface area contributed by atoms with Gasteiger partial charge in [-0.25, -0.2) is 10.1 Å². The van der Waals surface area contributed by atoms with E-state index in [2.05, 4.69) is 10.5 Å². The zero-order valence-electron chi connectivity index (χ0n) is 17.1. The lowest BCUT2D eigenvalue weighted by molar-refractivity contribution is -0.123. The molecule has 3 aromatic carbocycles. The number of benzene rings is 3. The molecule has 0 radical (unpaired) electrons. The number of carbonyl (C=O) groups excluding carboxylic acids is 1. The van der Waals surface area contributed by atoms with E-state index in [1.54, 1.807) is 10.9 Å². The van der Waals surface area contributed by atoms with Gasteiger partial charge in [-0.1, -0.05) is 60.7 Å². The first kappa shape index (κ1) is 20.1. The fraction of sp³-hybridized carbons (Fsp3) is 0.0800. The van der Waals surface area contributed by atoms with E-state index < -0.39 is 0 Å². The first-order chi connectivity index (χ1) is 15.2. The normalized spacial score (nSPS) is 10.9. The summed E-state index contributed by atoms with van der Waals surface area (Å²) in [5.74, 6) is 0.309. The number of amides is 1. The lowest BCUT2D eigenvalue weighted by Gasteiger charge is -2.05. The quantitative estimate of drug-likeness (QED) is 0.363. The molecule has 1 aromatic heterocycles. The summed E-state index contributed by atoms with van der Waals surface area (Å²) in [7, 11) is 0. The average molecular weight is 410 g/mol. The van der Waals surface area contributed by atoms with Crippen LogP contribution in [0.2, 0.25) is 0 Å². The third kappa shape index (κ3) is 5.25. The zero-order valence-corrected chi connectivity index (χ0v) is 17.1. The van der Waals surface area contributed by atoms with Gasteiger partial charge in [-0.3, -0.25) is 4.79 Å². The molecule has 0 aliphatic carbocycles. The van der Waals surface area contributed by atoms with E-state index in [-0.39, 0.29) is 12.5 Å². The lowest BCUT2D eigenvalue weighted by atomic mass is 10.1. The molecule has 0 unspecified atom stereocenters. The fourth-order valence-electron chi connectivity index (χ4n) is 3.08. The third-order valence-electron chi connectivity index (χ3n) is 4.56. The van der Waals surface area contributed by atoms with Crippen molar-refractivity contribution in [2.75, 3.05) is 6.61 Å². The Hall–Kier alpha value is -4.19. The predicted octanol–water partition coefficient (Wildman–Crippen LogP) is 4.38. The van der Waals surface area contributed by atoms with Crippen molar-refractivity contribution in [1.82, 2.24) is 15.2 Å². The van der Waals surface area contributed by atoms with Gasteiger partial charge < -0.3 is 4.74 Å². The van der Waals surface area contributed by atoms with Crippen LogP contribution in [0.1, 0.15) is 11.1 Å². The Bertz CT molecular complexity index is 1180. The van der Waals surface area contributed by atoms with Gasteiger partial charge in [0.1, 0.15) is 11.4 Å². The summed E-state index contributed by atoms with van der Waals surface area (Å²) >= 11 is 0. The molecule has 154 valence electrons. The van der Waals surface area contributed by atoms with Crippen LogP contribution in [0, 0.1) is 6.92 Å². The smallest absolute Gasteiger partial charge is 0.277 e. The van der Waals surface area contributed by atoms with Crippen molar-refractivity contribution in [3.05, 3.63) is 102 Å². The number of carbonyl (C=O) groups is 1. The monoisotopic (exact) mass is 410 g/mol. The first-order valence-electron chi connectivity index (χ1n) is 9.91. The van der Waals surface area contributed by atoms with Crippen molar-refractivity contribution < 1.29 is 9.53 Å².